The molecule has 4 rings (SSSR count). The highest BCUT2D eigenvalue weighted by atomic mass is 16.5. The Hall–Kier alpha value is -2.96. The Balaban J connectivity index is 1.40. The van der Waals surface area contributed by atoms with Gasteiger partial charge in [-0.15, -0.1) is 0 Å². The number of hydrogen-bond donors (Lipinski definition) is 1. The minimum absolute atomic E-state index is 0.0801. The van der Waals surface area contributed by atoms with Crippen LogP contribution in [0, 0.1) is 5.92 Å². The van der Waals surface area contributed by atoms with E-state index in [2.05, 4.69) is 27.6 Å². The number of aromatic nitrogens is 2. The molecule has 140 valence electrons. The van der Waals surface area contributed by atoms with Crippen LogP contribution in [-0.4, -0.2) is 47.0 Å². The summed E-state index contributed by atoms with van der Waals surface area (Å²) >= 11 is 0. The number of hydrogen-bond acceptors (Lipinski definition) is 5. The van der Waals surface area contributed by atoms with E-state index in [9.17, 15) is 9.59 Å². The van der Waals surface area contributed by atoms with E-state index in [1.165, 1.54) is 0 Å². The van der Waals surface area contributed by atoms with E-state index >= 15 is 0 Å². The number of benzene rings is 1. The fourth-order valence-corrected chi connectivity index (χ4v) is 3.55. The minimum Gasteiger partial charge on any atom is -0.355 e. The molecular weight excluding hydrogens is 344 g/mol. The third-order valence-electron chi connectivity index (χ3n) is 5.21. The van der Waals surface area contributed by atoms with Gasteiger partial charge in [0.2, 0.25) is 17.6 Å². The maximum atomic E-state index is 12.5. The molecule has 1 aromatic heterocycles. The van der Waals surface area contributed by atoms with Gasteiger partial charge in [0, 0.05) is 37.2 Å². The predicted octanol–water partition coefficient (Wildman–Crippen LogP) is 2.38. The first-order chi connectivity index (χ1) is 13.2. The van der Waals surface area contributed by atoms with Gasteiger partial charge in [-0.25, -0.2) is 0 Å². The number of likely N-dealkylation sites (tertiary alicyclic amines) is 1. The number of rotatable bonds is 4. The molecule has 0 saturated carbocycles. The van der Waals surface area contributed by atoms with Crippen molar-refractivity contribution < 1.29 is 14.1 Å². The number of nitrogens with one attached hydrogen (secondary N) is 1. The van der Waals surface area contributed by atoms with Crippen molar-refractivity contribution in [2.75, 3.05) is 20.1 Å². The van der Waals surface area contributed by atoms with Crippen LogP contribution in [-0.2, 0) is 4.79 Å². The van der Waals surface area contributed by atoms with Gasteiger partial charge in [-0.1, -0.05) is 29.4 Å². The minimum atomic E-state index is -0.161. The maximum absolute atomic E-state index is 12.5. The topological polar surface area (TPSA) is 88.3 Å². The lowest BCUT2D eigenvalue weighted by Gasteiger charge is -2.39. The molecule has 27 heavy (non-hydrogen) atoms. The van der Waals surface area contributed by atoms with Crippen molar-refractivity contribution in [3.63, 3.8) is 0 Å². The Morgan fingerprint density at radius 2 is 2.11 bits per heavy atom. The number of carbonyl (C=O) groups excluding carboxylic acids is 2. The van der Waals surface area contributed by atoms with Crippen molar-refractivity contribution in [2.24, 2.45) is 5.92 Å². The summed E-state index contributed by atoms with van der Waals surface area (Å²) in [7, 11) is 1.59. The summed E-state index contributed by atoms with van der Waals surface area (Å²) in [6.45, 7) is 1.25. The van der Waals surface area contributed by atoms with Crippen LogP contribution in [0.5, 0.6) is 0 Å². The third kappa shape index (κ3) is 3.49. The molecule has 0 unspecified atom stereocenters. The average Bonchev–Trinajstić information content (AvgIpc) is 3.16. The number of nitrogens with zero attached hydrogens (tertiary/aromatic N) is 3. The quantitative estimate of drug-likeness (QED) is 0.840. The van der Waals surface area contributed by atoms with Crippen LogP contribution in [0.3, 0.4) is 0 Å². The molecule has 2 heterocycles. The van der Waals surface area contributed by atoms with Crippen LogP contribution < -0.4 is 5.32 Å². The molecule has 1 saturated heterocycles. The zero-order valence-corrected chi connectivity index (χ0v) is 15.2. The van der Waals surface area contributed by atoms with Gasteiger partial charge in [-0.2, -0.15) is 4.98 Å². The highest BCUT2D eigenvalue weighted by Crippen LogP contribution is 2.31. The van der Waals surface area contributed by atoms with E-state index in [-0.39, 0.29) is 23.7 Å². The standard InChI is InChI=1S/C20H22N4O3/c1-21-18(25)15-9-5-8-14(10-15)17-22-19(27-23-17)16-11-24(12-16)20(26)13-6-3-2-4-7-13/h2-3,5,8-10,13,16H,4,6-7,11-12H2,1H3,(H,21,25)/t13-/m1/s1. The molecule has 0 spiro atoms. The Morgan fingerprint density at radius 3 is 2.85 bits per heavy atom. The Bertz CT molecular complexity index is 883. The SMILES string of the molecule is CNC(=O)c1cccc(-c2noc(C3CN(C(=O)[C@@H]4CC=CCC4)C3)n2)c1. The van der Waals surface area contributed by atoms with E-state index in [0.29, 0.717) is 30.4 Å². The lowest BCUT2D eigenvalue weighted by molar-refractivity contribution is -0.140. The van der Waals surface area contributed by atoms with Crippen LogP contribution in [0.2, 0.25) is 0 Å². The van der Waals surface area contributed by atoms with E-state index < -0.39 is 0 Å². The highest BCUT2D eigenvalue weighted by Gasteiger charge is 2.38. The van der Waals surface area contributed by atoms with E-state index in [1.54, 1.807) is 25.2 Å². The second kappa shape index (κ2) is 7.34. The number of allylic oxidation sites excluding steroid dienone is 2. The van der Waals surface area contributed by atoms with Gasteiger partial charge in [-0.05, 0) is 31.4 Å². The first kappa shape index (κ1) is 17.5. The molecule has 7 heteroatoms. The zero-order chi connectivity index (χ0) is 18.8. The molecule has 7 nitrogen and oxygen atoms in total. The molecule has 1 atom stereocenters. The Labute approximate surface area is 157 Å². The normalized spacial score (nSPS) is 19.6. The molecule has 1 N–H and O–H groups in total. The van der Waals surface area contributed by atoms with Crippen LogP contribution in [0.25, 0.3) is 11.4 Å². The van der Waals surface area contributed by atoms with Gasteiger partial charge >= 0.3 is 0 Å². The largest absolute Gasteiger partial charge is 0.355 e. The van der Waals surface area contributed by atoms with Crippen LogP contribution in [0.4, 0.5) is 0 Å². The Morgan fingerprint density at radius 1 is 1.26 bits per heavy atom. The van der Waals surface area contributed by atoms with Crippen LogP contribution >= 0.6 is 0 Å². The molecular formula is C20H22N4O3. The number of amides is 2. The predicted molar refractivity (Wildman–Crippen MR) is 98.9 cm³/mol. The molecule has 2 amide bonds. The van der Waals surface area contributed by atoms with Crippen molar-refractivity contribution in [1.82, 2.24) is 20.4 Å². The van der Waals surface area contributed by atoms with Gasteiger partial charge in [0.15, 0.2) is 0 Å². The van der Waals surface area contributed by atoms with E-state index in [4.69, 9.17) is 4.52 Å². The average molecular weight is 366 g/mol. The summed E-state index contributed by atoms with van der Waals surface area (Å²) in [5, 5.41) is 6.64. The zero-order valence-electron chi connectivity index (χ0n) is 15.2. The van der Waals surface area contributed by atoms with Crippen molar-refractivity contribution in [2.45, 2.75) is 25.2 Å². The smallest absolute Gasteiger partial charge is 0.251 e. The van der Waals surface area contributed by atoms with E-state index in [0.717, 1.165) is 24.8 Å². The Kier molecular flexibility index (Phi) is 4.75. The molecule has 1 aliphatic carbocycles. The second-order valence-corrected chi connectivity index (χ2v) is 7.04. The second-order valence-electron chi connectivity index (χ2n) is 7.04. The summed E-state index contributed by atoms with van der Waals surface area (Å²) in [6.07, 6.45) is 6.99. The van der Waals surface area contributed by atoms with Gasteiger partial charge in [0.25, 0.3) is 5.91 Å². The van der Waals surface area contributed by atoms with Gasteiger partial charge < -0.3 is 14.7 Å². The van der Waals surface area contributed by atoms with Gasteiger partial charge in [0.1, 0.15) is 0 Å². The van der Waals surface area contributed by atoms with Crippen molar-refractivity contribution in [3.05, 3.63) is 47.9 Å². The van der Waals surface area contributed by atoms with Crippen molar-refractivity contribution in [3.8, 4) is 11.4 Å². The molecule has 2 aromatic rings. The highest BCUT2D eigenvalue weighted by molar-refractivity contribution is 5.95. The molecule has 1 aromatic carbocycles. The summed E-state index contributed by atoms with van der Waals surface area (Å²) in [6, 6.07) is 7.10. The fraction of sp³-hybridized carbons (Fsp3) is 0.400. The third-order valence-corrected chi connectivity index (χ3v) is 5.21. The maximum Gasteiger partial charge on any atom is 0.251 e. The summed E-state index contributed by atoms with van der Waals surface area (Å²) in [5.41, 5.74) is 1.27. The summed E-state index contributed by atoms with van der Waals surface area (Å²) in [4.78, 5) is 30.6. The molecule has 0 radical (unpaired) electrons. The first-order valence-electron chi connectivity index (χ1n) is 9.25. The summed E-state index contributed by atoms with van der Waals surface area (Å²) in [5.74, 6) is 1.26. The number of carbonyl (C=O) groups is 2. The molecule has 1 aliphatic heterocycles. The lowest BCUT2D eigenvalue weighted by Crippen LogP contribution is -2.50. The fourth-order valence-electron chi connectivity index (χ4n) is 3.55. The van der Waals surface area contributed by atoms with E-state index in [1.807, 2.05) is 11.0 Å². The van der Waals surface area contributed by atoms with Gasteiger partial charge in [0.05, 0.1) is 5.92 Å². The van der Waals surface area contributed by atoms with Crippen molar-refractivity contribution >= 4 is 11.8 Å². The molecule has 0 bridgehead atoms. The van der Waals surface area contributed by atoms with Crippen molar-refractivity contribution in [1.29, 1.82) is 0 Å². The lowest BCUT2D eigenvalue weighted by atomic mass is 9.90. The van der Waals surface area contributed by atoms with Crippen LogP contribution in [0.1, 0.15) is 41.4 Å². The summed E-state index contributed by atoms with van der Waals surface area (Å²) < 4.78 is 5.41. The molecule has 1 fully saturated rings. The van der Waals surface area contributed by atoms with Gasteiger partial charge in [-0.3, -0.25) is 9.59 Å². The van der Waals surface area contributed by atoms with Crippen LogP contribution in [0.15, 0.2) is 40.9 Å². The monoisotopic (exact) mass is 366 g/mol. The first-order valence-corrected chi connectivity index (χ1v) is 9.25. The molecule has 2 aliphatic rings.